The monoisotopic (exact) mass is 289 g/mol. The molecule has 2 saturated heterocycles. The highest BCUT2D eigenvalue weighted by Gasteiger charge is 2.23. The summed E-state index contributed by atoms with van der Waals surface area (Å²) in [5.41, 5.74) is 0. The lowest BCUT2D eigenvalue weighted by Crippen LogP contribution is -2.47. The topological polar surface area (TPSA) is 29.5 Å². The first-order valence-electron chi connectivity index (χ1n) is 6.93. The average molecular weight is 289 g/mol. The van der Waals surface area contributed by atoms with E-state index in [0.29, 0.717) is 19.1 Å². The molecule has 1 amide bonds. The van der Waals surface area contributed by atoms with Crippen LogP contribution in [0.3, 0.4) is 0 Å². The second-order valence-electron chi connectivity index (χ2n) is 5.09. The SMILES string of the molecule is C[C@H]1COCCN1C(=O)CCCC[C@@H]1CCSS1. The van der Waals surface area contributed by atoms with E-state index in [1.54, 1.807) is 0 Å². The maximum atomic E-state index is 12.1. The first-order chi connectivity index (χ1) is 8.77. The zero-order valence-corrected chi connectivity index (χ0v) is 12.7. The number of carbonyl (C=O) groups excluding carboxylic acids is 1. The Morgan fingerprint density at radius 3 is 3.06 bits per heavy atom. The van der Waals surface area contributed by atoms with Gasteiger partial charge in [-0.25, -0.2) is 0 Å². The van der Waals surface area contributed by atoms with Crippen molar-refractivity contribution in [3.05, 3.63) is 0 Å². The van der Waals surface area contributed by atoms with E-state index in [1.165, 1.54) is 25.0 Å². The number of hydrogen-bond acceptors (Lipinski definition) is 4. The molecule has 0 saturated carbocycles. The van der Waals surface area contributed by atoms with Gasteiger partial charge in [0, 0.05) is 24.0 Å². The van der Waals surface area contributed by atoms with Crippen LogP contribution in [0.25, 0.3) is 0 Å². The summed E-state index contributed by atoms with van der Waals surface area (Å²) >= 11 is 0. The van der Waals surface area contributed by atoms with Crippen LogP contribution in [-0.4, -0.2) is 47.6 Å². The molecule has 18 heavy (non-hydrogen) atoms. The van der Waals surface area contributed by atoms with E-state index >= 15 is 0 Å². The van der Waals surface area contributed by atoms with Crippen LogP contribution in [0, 0.1) is 0 Å². The van der Waals surface area contributed by atoms with E-state index in [2.05, 4.69) is 6.92 Å². The Morgan fingerprint density at radius 2 is 2.33 bits per heavy atom. The van der Waals surface area contributed by atoms with Gasteiger partial charge in [0.2, 0.25) is 5.91 Å². The molecule has 0 unspecified atom stereocenters. The van der Waals surface area contributed by atoms with E-state index in [1.807, 2.05) is 26.5 Å². The van der Waals surface area contributed by atoms with E-state index in [4.69, 9.17) is 4.74 Å². The maximum absolute atomic E-state index is 12.1. The summed E-state index contributed by atoms with van der Waals surface area (Å²) in [6.45, 7) is 4.24. The summed E-state index contributed by atoms with van der Waals surface area (Å²) in [6.07, 6.45) is 5.59. The van der Waals surface area contributed by atoms with Crippen LogP contribution in [-0.2, 0) is 9.53 Å². The molecule has 2 rings (SSSR count). The van der Waals surface area contributed by atoms with Gasteiger partial charge in [0.15, 0.2) is 0 Å². The number of nitrogens with zero attached hydrogens (tertiary/aromatic N) is 1. The fraction of sp³-hybridized carbons (Fsp3) is 0.923. The lowest BCUT2D eigenvalue weighted by atomic mass is 10.1. The van der Waals surface area contributed by atoms with E-state index in [0.717, 1.165) is 24.6 Å². The van der Waals surface area contributed by atoms with Crippen molar-refractivity contribution >= 4 is 27.5 Å². The quantitative estimate of drug-likeness (QED) is 0.575. The fourth-order valence-corrected chi connectivity index (χ4v) is 5.48. The second kappa shape index (κ2) is 7.65. The molecule has 104 valence electrons. The molecule has 0 aromatic rings. The molecule has 2 heterocycles. The van der Waals surface area contributed by atoms with Gasteiger partial charge in [-0.1, -0.05) is 28.0 Å². The first-order valence-corrected chi connectivity index (χ1v) is 9.31. The molecule has 0 aromatic carbocycles. The second-order valence-corrected chi connectivity index (χ2v) is 7.87. The minimum atomic E-state index is 0.257. The molecule has 0 radical (unpaired) electrons. The number of amides is 1. The third-order valence-electron chi connectivity index (χ3n) is 3.58. The predicted octanol–water partition coefficient (Wildman–Crippen LogP) is 2.95. The number of carbonyl (C=O) groups is 1. The Hall–Kier alpha value is 0.130. The zero-order chi connectivity index (χ0) is 12.8. The molecule has 0 spiro atoms. The van der Waals surface area contributed by atoms with Crippen molar-refractivity contribution in [1.82, 2.24) is 4.90 Å². The van der Waals surface area contributed by atoms with E-state index in [9.17, 15) is 4.79 Å². The van der Waals surface area contributed by atoms with Crippen molar-refractivity contribution in [2.75, 3.05) is 25.5 Å². The molecule has 0 aromatic heterocycles. The van der Waals surface area contributed by atoms with Crippen LogP contribution in [0.5, 0.6) is 0 Å². The maximum Gasteiger partial charge on any atom is 0.222 e. The van der Waals surface area contributed by atoms with Gasteiger partial charge in [0.1, 0.15) is 0 Å². The minimum Gasteiger partial charge on any atom is -0.377 e. The van der Waals surface area contributed by atoms with Gasteiger partial charge >= 0.3 is 0 Å². The third kappa shape index (κ3) is 4.35. The number of rotatable bonds is 5. The summed E-state index contributed by atoms with van der Waals surface area (Å²) in [6, 6.07) is 0.257. The Bertz CT molecular complexity index is 270. The standard InChI is InChI=1S/C13H23NO2S2/c1-11-10-16-8-7-14(11)13(15)5-3-2-4-12-6-9-17-18-12/h11-12H,2-10H2,1H3/t11-,12+/m0/s1. The molecule has 2 aliphatic heterocycles. The fourth-order valence-electron chi connectivity index (χ4n) is 2.45. The van der Waals surface area contributed by atoms with Gasteiger partial charge in [-0.2, -0.15) is 0 Å². The molecule has 2 fully saturated rings. The molecule has 3 nitrogen and oxygen atoms in total. The largest absolute Gasteiger partial charge is 0.377 e. The normalized spacial score (nSPS) is 28.6. The van der Waals surface area contributed by atoms with Crippen LogP contribution in [0.1, 0.15) is 39.0 Å². The first kappa shape index (κ1) is 14.5. The van der Waals surface area contributed by atoms with Gasteiger partial charge < -0.3 is 9.64 Å². The van der Waals surface area contributed by atoms with Crippen LogP contribution >= 0.6 is 21.6 Å². The molecule has 2 atom stereocenters. The van der Waals surface area contributed by atoms with Crippen molar-refractivity contribution in [3.63, 3.8) is 0 Å². The highest BCUT2D eigenvalue weighted by molar-refractivity contribution is 8.77. The van der Waals surface area contributed by atoms with Crippen LogP contribution in [0.4, 0.5) is 0 Å². The summed E-state index contributed by atoms with van der Waals surface area (Å²) in [7, 11) is 4.03. The van der Waals surface area contributed by atoms with Gasteiger partial charge in [0.05, 0.1) is 19.3 Å². The Labute approximate surface area is 118 Å². The predicted molar refractivity (Wildman–Crippen MR) is 78.9 cm³/mol. The summed E-state index contributed by atoms with van der Waals surface area (Å²) < 4.78 is 5.36. The molecular weight excluding hydrogens is 266 g/mol. The molecule has 0 aliphatic carbocycles. The lowest BCUT2D eigenvalue weighted by Gasteiger charge is -2.33. The van der Waals surface area contributed by atoms with Crippen molar-refractivity contribution < 1.29 is 9.53 Å². The van der Waals surface area contributed by atoms with Crippen molar-refractivity contribution in [2.24, 2.45) is 0 Å². The number of unbranched alkanes of at least 4 members (excludes halogenated alkanes) is 1. The average Bonchev–Trinajstić information content (AvgIpc) is 2.88. The zero-order valence-electron chi connectivity index (χ0n) is 11.1. The number of morpholine rings is 1. The highest BCUT2D eigenvalue weighted by atomic mass is 33.1. The van der Waals surface area contributed by atoms with Crippen LogP contribution in [0.2, 0.25) is 0 Å². The van der Waals surface area contributed by atoms with Crippen LogP contribution < -0.4 is 0 Å². The molecule has 0 bridgehead atoms. The summed E-state index contributed by atoms with van der Waals surface area (Å²) in [5, 5.41) is 0.840. The van der Waals surface area contributed by atoms with Crippen molar-refractivity contribution in [2.45, 2.75) is 50.3 Å². The van der Waals surface area contributed by atoms with E-state index < -0.39 is 0 Å². The molecule has 2 aliphatic rings. The Morgan fingerprint density at radius 1 is 1.44 bits per heavy atom. The van der Waals surface area contributed by atoms with Crippen molar-refractivity contribution in [1.29, 1.82) is 0 Å². The molecule has 0 N–H and O–H groups in total. The highest BCUT2D eigenvalue weighted by Crippen LogP contribution is 2.39. The lowest BCUT2D eigenvalue weighted by molar-refractivity contribution is -0.139. The minimum absolute atomic E-state index is 0.257. The molecule has 5 heteroatoms. The van der Waals surface area contributed by atoms with Crippen LogP contribution in [0.15, 0.2) is 0 Å². The Kier molecular flexibility index (Phi) is 6.18. The van der Waals surface area contributed by atoms with Gasteiger partial charge in [0.25, 0.3) is 0 Å². The third-order valence-corrected chi connectivity index (χ3v) is 6.59. The number of hydrogen-bond donors (Lipinski definition) is 0. The van der Waals surface area contributed by atoms with E-state index in [-0.39, 0.29) is 6.04 Å². The smallest absolute Gasteiger partial charge is 0.222 e. The molecular formula is C13H23NO2S2. The van der Waals surface area contributed by atoms with Crippen molar-refractivity contribution in [3.8, 4) is 0 Å². The summed E-state index contributed by atoms with van der Waals surface area (Å²) in [4.78, 5) is 14.1. The summed E-state index contributed by atoms with van der Waals surface area (Å²) in [5.74, 6) is 1.62. The van der Waals surface area contributed by atoms with Gasteiger partial charge in [-0.3, -0.25) is 4.79 Å². The van der Waals surface area contributed by atoms with Gasteiger partial charge in [-0.15, -0.1) is 0 Å². The Balaban J connectivity index is 1.58. The van der Waals surface area contributed by atoms with Gasteiger partial charge in [-0.05, 0) is 26.2 Å². The number of ether oxygens (including phenoxy) is 1.